The molecule has 1 aromatic rings. The Kier molecular flexibility index (Phi) is 5.34. The van der Waals surface area contributed by atoms with Crippen molar-refractivity contribution in [2.75, 3.05) is 31.5 Å². The van der Waals surface area contributed by atoms with Crippen LogP contribution in [0.1, 0.15) is 25.7 Å². The average Bonchev–Trinajstić information content (AvgIpc) is 3.33. The van der Waals surface area contributed by atoms with E-state index < -0.39 is 0 Å². The largest absolute Gasteiger partial charge is 0.325 e. The van der Waals surface area contributed by atoms with E-state index in [0.717, 1.165) is 37.5 Å². The van der Waals surface area contributed by atoms with Gasteiger partial charge in [0.2, 0.25) is 5.91 Å². The van der Waals surface area contributed by atoms with E-state index >= 15 is 0 Å². The van der Waals surface area contributed by atoms with E-state index in [1.165, 1.54) is 19.4 Å². The average molecular weight is 322 g/mol. The monoisotopic (exact) mass is 321 g/mol. The van der Waals surface area contributed by atoms with E-state index in [1.54, 1.807) is 12.1 Å². The topological polar surface area (TPSA) is 44.4 Å². The second kappa shape index (κ2) is 7.44. The fourth-order valence-corrected chi connectivity index (χ4v) is 3.01. The normalized spacial score (nSPS) is 20.0. The van der Waals surface area contributed by atoms with Crippen LogP contribution in [-0.2, 0) is 4.79 Å². The molecule has 0 atom stereocenters. The summed E-state index contributed by atoms with van der Waals surface area (Å²) in [6.07, 6.45) is 5.08. The van der Waals surface area contributed by atoms with Crippen LogP contribution in [0, 0.1) is 5.92 Å². The van der Waals surface area contributed by atoms with Crippen LogP contribution in [0.4, 0.5) is 5.69 Å². The van der Waals surface area contributed by atoms with E-state index in [9.17, 15) is 4.79 Å². The number of amides is 1. The van der Waals surface area contributed by atoms with Crippen LogP contribution in [0.25, 0.3) is 0 Å². The summed E-state index contributed by atoms with van der Waals surface area (Å²) in [7, 11) is 0. The minimum atomic E-state index is 0.0479. The first-order chi connectivity index (χ1) is 10.7. The molecule has 0 radical (unpaired) electrons. The van der Waals surface area contributed by atoms with E-state index in [1.807, 2.05) is 12.1 Å². The van der Waals surface area contributed by atoms with Crippen LogP contribution in [0.15, 0.2) is 24.3 Å². The molecule has 5 heteroatoms. The van der Waals surface area contributed by atoms with Gasteiger partial charge < -0.3 is 10.6 Å². The summed E-state index contributed by atoms with van der Waals surface area (Å²) in [5, 5.41) is 7.26. The lowest BCUT2D eigenvalue weighted by atomic mass is 10.0. The maximum atomic E-state index is 12.1. The SMILES string of the molecule is O=C(CN1CCC(NCC2CC2)CC1)Nc1ccc(Cl)cc1. The van der Waals surface area contributed by atoms with Gasteiger partial charge in [-0.3, -0.25) is 9.69 Å². The molecule has 4 nitrogen and oxygen atoms in total. The summed E-state index contributed by atoms with van der Waals surface area (Å²) in [6.45, 7) is 3.65. The van der Waals surface area contributed by atoms with Crippen molar-refractivity contribution in [1.82, 2.24) is 10.2 Å². The second-order valence-electron chi connectivity index (χ2n) is 6.46. The van der Waals surface area contributed by atoms with Gasteiger partial charge in [0, 0.05) is 29.8 Å². The van der Waals surface area contributed by atoms with E-state index in [-0.39, 0.29) is 5.91 Å². The van der Waals surface area contributed by atoms with Crippen LogP contribution in [0.3, 0.4) is 0 Å². The van der Waals surface area contributed by atoms with Crippen LogP contribution in [0.2, 0.25) is 5.02 Å². The molecule has 120 valence electrons. The molecular formula is C17H24ClN3O. The third-order valence-electron chi connectivity index (χ3n) is 4.47. The van der Waals surface area contributed by atoms with Gasteiger partial charge >= 0.3 is 0 Å². The summed E-state index contributed by atoms with van der Waals surface area (Å²) in [5.41, 5.74) is 0.801. The second-order valence-corrected chi connectivity index (χ2v) is 6.89. The fourth-order valence-electron chi connectivity index (χ4n) is 2.89. The van der Waals surface area contributed by atoms with Gasteiger partial charge in [0.15, 0.2) is 0 Å². The summed E-state index contributed by atoms with van der Waals surface area (Å²) < 4.78 is 0. The number of nitrogens with zero attached hydrogens (tertiary/aromatic N) is 1. The number of piperidine rings is 1. The predicted octanol–water partition coefficient (Wildman–Crippen LogP) is 2.74. The van der Waals surface area contributed by atoms with Crippen molar-refractivity contribution in [2.24, 2.45) is 5.92 Å². The Balaban J connectivity index is 1.36. The molecule has 0 unspecified atom stereocenters. The van der Waals surface area contributed by atoms with Gasteiger partial charge in [0.25, 0.3) is 0 Å². The lowest BCUT2D eigenvalue weighted by Gasteiger charge is -2.32. The van der Waals surface area contributed by atoms with Crippen molar-refractivity contribution in [3.63, 3.8) is 0 Å². The molecule has 2 N–H and O–H groups in total. The van der Waals surface area contributed by atoms with Gasteiger partial charge in [-0.05, 0) is 62.4 Å². The number of carbonyl (C=O) groups excluding carboxylic acids is 1. The minimum Gasteiger partial charge on any atom is -0.325 e. The third-order valence-corrected chi connectivity index (χ3v) is 4.73. The first-order valence-corrected chi connectivity index (χ1v) is 8.58. The highest BCUT2D eigenvalue weighted by atomic mass is 35.5. The van der Waals surface area contributed by atoms with Crippen molar-refractivity contribution in [2.45, 2.75) is 31.7 Å². The first kappa shape index (κ1) is 15.8. The number of hydrogen-bond acceptors (Lipinski definition) is 3. The smallest absolute Gasteiger partial charge is 0.238 e. The van der Waals surface area contributed by atoms with Crippen molar-refractivity contribution < 1.29 is 4.79 Å². The van der Waals surface area contributed by atoms with Crippen molar-refractivity contribution >= 4 is 23.2 Å². The molecule has 0 aromatic heterocycles. The zero-order chi connectivity index (χ0) is 15.4. The Bertz CT molecular complexity index is 493. The number of benzene rings is 1. The van der Waals surface area contributed by atoms with Crippen LogP contribution >= 0.6 is 11.6 Å². The predicted molar refractivity (Wildman–Crippen MR) is 90.3 cm³/mol. The van der Waals surface area contributed by atoms with E-state index in [2.05, 4.69) is 15.5 Å². The molecule has 3 rings (SSSR count). The number of rotatable bonds is 6. The van der Waals surface area contributed by atoms with Crippen molar-refractivity contribution in [1.29, 1.82) is 0 Å². The van der Waals surface area contributed by atoms with Gasteiger partial charge in [-0.1, -0.05) is 11.6 Å². The number of anilines is 1. The standard InChI is InChI=1S/C17H24ClN3O/c18-14-3-5-16(6-4-14)20-17(22)12-21-9-7-15(8-10-21)19-11-13-1-2-13/h3-6,13,15,19H,1-2,7-12H2,(H,20,22). The molecule has 2 fully saturated rings. The number of likely N-dealkylation sites (tertiary alicyclic amines) is 1. The highest BCUT2D eigenvalue weighted by Gasteiger charge is 2.24. The van der Waals surface area contributed by atoms with Gasteiger partial charge in [0.05, 0.1) is 6.54 Å². The molecular weight excluding hydrogens is 298 g/mol. The number of halogens is 1. The highest BCUT2D eigenvalue weighted by Crippen LogP contribution is 2.28. The summed E-state index contributed by atoms with van der Waals surface area (Å²) in [6, 6.07) is 7.86. The molecule has 0 bridgehead atoms. The number of nitrogens with one attached hydrogen (secondary N) is 2. The fraction of sp³-hybridized carbons (Fsp3) is 0.588. The molecule has 2 aliphatic rings. The van der Waals surface area contributed by atoms with Gasteiger partial charge in [-0.2, -0.15) is 0 Å². The molecule has 1 amide bonds. The first-order valence-electron chi connectivity index (χ1n) is 8.20. The molecule has 1 aromatic carbocycles. The minimum absolute atomic E-state index is 0.0479. The third kappa shape index (κ3) is 4.97. The van der Waals surface area contributed by atoms with Gasteiger partial charge in [0.1, 0.15) is 0 Å². The molecule has 1 aliphatic heterocycles. The quantitative estimate of drug-likeness (QED) is 0.847. The molecule has 1 saturated heterocycles. The van der Waals surface area contributed by atoms with Gasteiger partial charge in [-0.15, -0.1) is 0 Å². The maximum absolute atomic E-state index is 12.1. The van der Waals surface area contributed by atoms with Crippen LogP contribution < -0.4 is 10.6 Å². The maximum Gasteiger partial charge on any atom is 0.238 e. The van der Waals surface area contributed by atoms with Crippen LogP contribution in [-0.4, -0.2) is 43.0 Å². The van der Waals surface area contributed by atoms with Gasteiger partial charge in [-0.25, -0.2) is 0 Å². The molecule has 0 spiro atoms. The van der Waals surface area contributed by atoms with Crippen LogP contribution in [0.5, 0.6) is 0 Å². The zero-order valence-corrected chi connectivity index (χ0v) is 13.6. The number of carbonyl (C=O) groups is 1. The molecule has 1 heterocycles. The van der Waals surface area contributed by atoms with Crippen molar-refractivity contribution in [3.8, 4) is 0 Å². The lowest BCUT2D eigenvalue weighted by Crippen LogP contribution is -2.45. The Hall–Kier alpha value is -1.10. The number of hydrogen-bond donors (Lipinski definition) is 2. The van der Waals surface area contributed by atoms with Crippen molar-refractivity contribution in [3.05, 3.63) is 29.3 Å². The Morgan fingerprint density at radius 2 is 1.82 bits per heavy atom. The molecule has 22 heavy (non-hydrogen) atoms. The summed E-state index contributed by atoms with van der Waals surface area (Å²) >= 11 is 5.84. The van der Waals surface area contributed by atoms with E-state index in [0.29, 0.717) is 17.6 Å². The Morgan fingerprint density at radius 3 is 2.45 bits per heavy atom. The lowest BCUT2D eigenvalue weighted by molar-refractivity contribution is -0.117. The molecule has 1 saturated carbocycles. The highest BCUT2D eigenvalue weighted by molar-refractivity contribution is 6.30. The van der Waals surface area contributed by atoms with E-state index in [4.69, 9.17) is 11.6 Å². The summed E-state index contributed by atoms with van der Waals surface area (Å²) in [4.78, 5) is 14.3. The molecule has 1 aliphatic carbocycles. The summed E-state index contributed by atoms with van der Waals surface area (Å²) in [5.74, 6) is 0.981. The Labute approximate surface area is 137 Å². The Morgan fingerprint density at radius 1 is 1.14 bits per heavy atom. The zero-order valence-electron chi connectivity index (χ0n) is 12.9.